The lowest BCUT2D eigenvalue weighted by atomic mass is 10.2. The highest BCUT2D eigenvalue weighted by Gasteiger charge is 2.19. The monoisotopic (exact) mass is 409 g/mol. The number of carbonyl (C=O) groups is 1. The number of thiazole rings is 1. The van der Waals surface area contributed by atoms with E-state index in [4.69, 9.17) is 4.74 Å². The van der Waals surface area contributed by atoms with E-state index < -0.39 is 0 Å². The SMILES string of the molecule is CCCOc1ccccc1NC(=O)c1sc2nc(-c3ccc(F)cc3)cn2c1C. The average molecular weight is 409 g/mol. The highest BCUT2D eigenvalue weighted by Crippen LogP contribution is 2.29. The number of anilines is 1. The van der Waals surface area contributed by atoms with Crippen LogP contribution in [0.3, 0.4) is 0 Å². The number of amides is 1. The smallest absolute Gasteiger partial charge is 0.267 e. The molecule has 29 heavy (non-hydrogen) atoms. The molecule has 0 spiro atoms. The Hall–Kier alpha value is -3.19. The topological polar surface area (TPSA) is 55.6 Å². The van der Waals surface area contributed by atoms with Gasteiger partial charge in [0.25, 0.3) is 5.91 Å². The molecule has 0 saturated carbocycles. The molecule has 0 bridgehead atoms. The number of nitrogens with zero attached hydrogens (tertiary/aromatic N) is 2. The molecule has 0 atom stereocenters. The molecule has 1 amide bonds. The first-order valence-corrected chi connectivity index (χ1v) is 10.2. The predicted octanol–water partition coefficient (Wildman–Crippen LogP) is 5.55. The van der Waals surface area contributed by atoms with Crippen LogP contribution < -0.4 is 10.1 Å². The number of rotatable bonds is 6. The van der Waals surface area contributed by atoms with Crippen LogP contribution in [-0.2, 0) is 0 Å². The molecule has 4 aromatic rings. The minimum atomic E-state index is -0.284. The number of para-hydroxylation sites is 2. The van der Waals surface area contributed by atoms with Gasteiger partial charge in [0.2, 0.25) is 0 Å². The van der Waals surface area contributed by atoms with Gasteiger partial charge in [0, 0.05) is 17.5 Å². The zero-order valence-corrected chi connectivity index (χ0v) is 16.9. The van der Waals surface area contributed by atoms with Crippen LogP contribution in [0, 0.1) is 12.7 Å². The molecule has 2 aromatic carbocycles. The minimum Gasteiger partial charge on any atom is -0.491 e. The number of nitrogens with one attached hydrogen (secondary N) is 1. The molecule has 0 fully saturated rings. The number of benzene rings is 2. The van der Waals surface area contributed by atoms with Crippen LogP contribution in [0.5, 0.6) is 5.75 Å². The lowest BCUT2D eigenvalue weighted by Gasteiger charge is -2.11. The molecule has 4 rings (SSSR count). The van der Waals surface area contributed by atoms with E-state index in [-0.39, 0.29) is 11.7 Å². The zero-order chi connectivity index (χ0) is 20.4. The second kappa shape index (κ2) is 8.05. The Morgan fingerprint density at radius 1 is 1.21 bits per heavy atom. The third-order valence-electron chi connectivity index (χ3n) is 4.50. The lowest BCUT2D eigenvalue weighted by molar-refractivity contribution is 0.102. The number of fused-ring (bicyclic) bond motifs is 1. The quantitative estimate of drug-likeness (QED) is 0.454. The van der Waals surface area contributed by atoms with E-state index in [1.165, 1.54) is 23.5 Å². The van der Waals surface area contributed by atoms with Crippen molar-refractivity contribution in [3.8, 4) is 17.0 Å². The molecule has 0 aliphatic carbocycles. The fourth-order valence-electron chi connectivity index (χ4n) is 3.01. The van der Waals surface area contributed by atoms with Crippen molar-refractivity contribution in [2.45, 2.75) is 20.3 Å². The van der Waals surface area contributed by atoms with Crippen molar-refractivity contribution in [3.05, 3.63) is 71.1 Å². The van der Waals surface area contributed by atoms with Crippen LogP contribution in [0.25, 0.3) is 16.2 Å². The third-order valence-corrected chi connectivity index (χ3v) is 5.66. The highest BCUT2D eigenvalue weighted by molar-refractivity contribution is 7.19. The number of imidazole rings is 1. The summed E-state index contributed by atoms with van der Waals surface area (Å²) in [5.41, 5.74) is 3.01. The van der Waals surface area contributed by atoms with Gasteiger partial charge in [-0.2, -0.15) is 0 Å². The molecular weight excluding hydrogens is 389 g/mol. The van der Waals surface area contributed by atoms with Gasteiger partial charge in [-0.05, 0) is 49.7 Å². The maximum atomic E-state index is 13.2. The third kappa shape index (κ3) is 3.86. The van der Waals surface area contributed by atoms with E-state index in [0.717, 1.165) is 23.4 Å². The number of carbonyl (C=O) groups excluding carboxylic acids is 1. The van der Waals surface area contributed by atoms with E-state index in [1.807, 2.05) is 48.7 Å². The predicted molar refractivity (Wildman–Crippen MR) is 113 cm³/mol. The Kier molecular flexibility index (Phi) is 5.31. The van der Waals surface area contributed by atoms with Gasteiger partial charge < -0.3 is 10.1 Å². The number of hydrogen-bond acceptors (Lipinski definition) is 4. The van der Waals surface area contributed by atoms with E-state index in [1.54, 1.807) is 12.1 Å². The fraction of sp³-hybridized carbons (Fsp3) is 0.182. The van der Waals surface area contributed by atoms with Gasteiger partial charge in [-0.3, -0.25) is 9.20 Å². The Bertz CT molecular complexity index is 1160. The summed E-state index contributed by atoms with van der Waals surface area (Å²) in [6.07, 6.45) is 2.75. The van der Waals surface area contributed by atoms with E-state index in [2.05, 4.69) is 10.3 Å². The molecule has 0 aliphatic heterocycles. The van der Waals surface area contributed by atoms with Crippen LogP contribution in [-0.4, -0.2) is 21.9 Å². The molecule has 0 aliphatic rings. The second-order valence-corrected chi connectivity index (χ2v) is 7.58. The largest absolute Gasteiger partial charge is 0.491 e. The second-order valence-electron chi connectivity index (χ2n) is 6.60. The van der Waals surface area contributed by atoms with Crippen LogP contribution in [0.2, 0.25) is 0 Å². The summed E-state index contributed by atoms with van der Waals surface area (Å²) in [4.78, 5) is 18.8. The van der Waals surface area contributed by atoms with Crippen molar-refractivity contribution >= 4 is 27.9 Å². The number of aryl methyl sites for hydroxylation is 1. The molecule has 0 unspecified atom stereocenters. The van der Waals surface area contributed by atoms with Crippen molar-refractivity contribution < 1.29 is 13.9 Å². The van der Waals surface area contributed by atoms with Crippen LogP contribution in [0.4, 0.5) is 10.1 Å². The summed E-state index contributed by atoms with van der Waals surface area (Å²) in [5, 5.41) is 2.94. The van der Waals surface area contributed by atoms with Crippen molar-refractivity contribution in [2.24, 2.45) is 0 Å². The lowest BCUT2D eigenvalue weighted by Crippen LogP contribution is -2.13. The Balaban J connectivity index is 1.60. The number of halogens is 1. The Morgan fingerprint density at radius 3 is 2.69 bits per heavy atom. The van der Waals surface area contributed by atoms with Crippen LogP contribution >= 0.6 is 11.3 Å². The van der Waals surface area contributed by atoms with Crippen LogP contribution in [0.1, 0.15) is 28.7 Å². The summed E-state index contributed by atoms with van der Waals surface area (Å²) in [6.45, 7) is 4.51. The Morgan fingerprint density at radius 2 is 1.97 bits per heavy atom. The zero-order valence-electron chi connectivity index (χ0n) is 16.1. The van der Waals surface area contributed by atoms with Gasteiger partial charge in [-0.1, -0.05) is 30.4 Å². The maximum Gasteiger partial charge on any atom is 0.267 e. The van der Waals surface area contributed by atoms with E-state index >= 15 is 0 Å². The van der Waals surface area contributed by atoms with Gasteiger partial charge in [0.15, 0.2) is 4.96 Å². The molecule has 2 aromatic heterocycles. The minimum absolute atomic E-state index is 0.200. The summed E-state index contributed by atoms with van der Waals surface area (Å²) < 4.78 is 20.8. The highest BCUT2D eigenvalue weighted by atomic mass is 32.1. The summed E-state index contributed by atoms with van der Waals surface area (Å²) in [7, 11) is 0. The molecule has 2 heterocycles. The molecule has 1 N–H and O–H groups in total. The summed E-state index contributed by atoms with van der Waals surface area (Å²) in [6, 6.07) is 13.6. The van der Waals surface area contributed by atoms with Crippen molar-refractivity contribution in [3.63, 3.8) is 0 Å². The number of hydrogen-bond donors (Lipinski definition) is 1. The van der Waals surface area contributed by atoms with Gasteiger partial charge in [0.1, 0.15) is 16.4 Å². The number of aromatic nitrogens is 2. The molecule has 0 saturated heterocycles. The molecule has 5 nitrogen and oxygen atoms in total. The Labute approximate surface area is 171 Å². The molecular formula is C22H20FN3O2S. The first-order valence-electron chi connectivity index (χ1n) is 9.34. The molecule has 7 heteroatoms. The van der Waals surface area contributed by atoms with E-state index in [9.17, 15) is 9.18 Å². The van der Waals surface area contributed by atoms with Crippen LogP contribution in [0.15, 0.2) is 54.7 Å². The standard InChI is InChI=1S/C22H20FN3O2S/c1-3-12-28-19-7-5-4-6-17(19)24-21(27)20-14(2)26-13-18(25-22(26)29-20)15-8-10-16(23)11-9-15/h4-11,13H,3,12H2,1-2H3,(H,24,27). The van der Waals surface area contributed by atoms with Crippen molar-refractivity contribution in [1.29, 1.82) is 0 Å². The van der Waals surface area contributed by atoms with Gasteiger partial charge >= 0.3 is 0 Å². The number of ether oxygens (including phenoxy) is 1. The van der Waals surface area contributed by atoms with E-state index in [0.29, 0.717) is 27.9 Å². The van der Waals surface area contributed by atoms with Gasteiger partial charge in [-0.25, -0.2) is 9.37 Å². The summed E-state index contributed by atoms with van der Waals surface area (Å²) >= 11 is 1.32. The first kappa shape index (κ1) is 19.1. The molecule has 0 radical (unpaired) electrons. The fourth-order valence-corrected chi connectivity index (χ4v) is 4.01. The van der Waals surface area contributed by atoms with Crippen molar-refractivity contribution in [2.75, 3.05) is 11.9 Å². The average Bonchev–Trinajstić information content (AvgIpc) is 3.27. The normalized spacial score (nSPS) is 11.0. The van der Waals surface area contributed by atoms with Crippen molar-refractivity contribution in [1.82, 2.24) is 9.38 Å². The summed E-state index contributed by atoms with van der Waals surface area (Å²) in [5.74, 6) is 0.169. The van der Waals surface area contributed by atoms with Gasteiger partial charge in [-0.15, -0.1) is 0 Å². The maximum absolute atomic E-state index is 13.2. The molecule has 148 valence electrons. The first-order chi connectivity index (χ1) is 14.1. The van der Waals surface area contributed by atoms with Gasteiger partial charge in [0.05, 0.1) is 18.0 Å².